The number of rotatable bonds is 12. The standard InChI is InChI=1S/C23H29N3O3S/c1-3-28-20-12-11-17(16-21(20)29-4-2)13-14-24-22(27)10-7-15-30-23-25-18-8-5-6-9-19(18)26-23/h5-6,8-9,11-12,16H,3-4,7,10,13-15H2,1-2H3,(H,24,27)(H,25,26). The molecule has 0 radical (unpaired) electrons. The molecule has 0 atom stereocenters. The minimum Gasteiger partial charge on any atom is -0.490 e. The molecule has 3 aromatic rings. The molecule has 0 aliphatic heterocycles. The molecule has 0 saturated heterocycles. The first-order valence-corrected chi connectivity index (χ1v) is 11.4. The molecule has 30 heavy (non-hydrogen) atoms. The number of hydrogen-bond donors (Lipinski definition) is 2. The third kappa shape index (κ3) is 6.42. The van der Waals surface area contributed by atoms with Crippen molar-refractivity contribution in [1.82, 2.24) is 15.3 Å². The van der Waals surface area contributed by atoms with Gasteiger partial charge in [-0.15, -0.1) is 0 Å². The SMILES string of the molecule is CCOc1ccc(CCNC(=O)CCCSc2nc3ccccc3[nH]2)cc1OCC. The highest BCUT2D eigenvalue weighted by Crippen LogP contribution is 2.28. The van der Waals surface area contributed by atoms with Crippen LogP contribution >= 0.6 is 11.8 Å². The zero-order valence-electron chi connectivity index (χ0n) is 17.6. The van der Waals surface area contributed by atoms with Gasteiger partial charge in [0.15, 0.2) is 16.7 Å². The van der Waals surface area contributed by atoms with Gasteiger partial charge in [0.25, 0.3) is 0 Å². The van der Waals surface area contributed by atoms with Crippen LogP contribution in [0.5, 0.6) is 11.5 Å². The van der Waals surface area contributed by atoms with Gasteiger partial charge in [-0.2, -0.15) is 0 Å². The summed E-state index contributed by atoms with van der Waals surface area (Å²) in [4.78, 5) is 19.9. The molecule has 0 unspecified atom stereocenters. The highest BCUT2D eigenvalue weighted by Gasteiger charge is 2.08. The van der Waals surface area contributed by atoms with Crippen LogP contribution in [-0.4, -0.2) is 41.4 Å². The topological polar surface area (TPSA) is 76.2 Å². The predicted octanol–water partition coefficient (Wildman–Crippen LogP) is 4.59. The number of nitrogens with zero attached hydrogens (tertiary/aromatic N) is 1. The Bertz CT molecular complexity index is 925. The molecule has 0 saturated carbocycles. The quantitative estimate of drug-likeness (QED) is 0.327. The van der Waals surface area contributed by atoms with Crippen molar-refractivity contribution < 1.29 is 14.3 Å². The molecular formula is C23H29N3O3S. The second-order valence-corrected chi connectivity index (χ2v) is 7.84. The summed E-state index contributed by atoms with van der Waals surface area (Å²) >= 11 is 1.65. The van der Waals surface area contributed by atoms with E-state index in [1.165, 1.54) is 0 Å². The molecule has 2 aromatic carbocycles. The number of benzene rings is 2. The smallest absolute Gasteiger partial charge is 0.220 e. The number of aromatic amines is 1. The Hall–Kier alpha value is -2.67. The monoisotopic (exact) mass is 427 g/mol. The van der Waals surface area contributed by atoms with E-state index >= 15 is 0 Å². The summed E-state index contributed by atoms with van der Waals surface area (Å²) in [5.41, 5.74) is 3.13. The van der Waals surface area contributed by atoms with E-state index in [0.717, 1.165) is 51.8 Å². The van der Waals surface area contributed by atoms with E-state index < -0.39 is 0 Å². The highest BCUT2D eigenvalue weighted by atomic mass is 32.2. The first-order valence-electron chi connectivity index (χ1n) is 10.4. The third-order valence-electron chi connectivity index (χ3n) is 4.50. The minimum absolute atomic E-state index is 0.0798. The Morgan fingerprint density at radius 3 is 2.70 bits per heavy atom. The maximum Gasteiger partial charge on any atom is 0.220 e. The molecular weight excluding hydrogens is 398 g/mol. The van der Waals surface area contributed by atoms with E-state index in [1.54, 1.807) is 11.8 Å². The lowest BCUT2D eigenvalue weighted by Crippen LogP contribution is -2.25. The van der Waals surface area contributed by atoms with Crippen molar-refractivity contribution in [2.24, 2.45) is 0 Å². The molecule has 7 heteroatoms. The summed E-state index contributed by atoms with van der Waals surface area (Å²) in [5, 5.41) is 3.90. The lowest BCUT2D eigenvalue weighted by Gasteiger charge is -2.12. The van der Waals surface area contributed by atoms with Gasteiger partial charge in [-0.3, -0.25) is 4.79 Å². The summed E-state index contributed by atoms with van der Waals surface area (Å²) in [6, 6.07) is 13.9. The Kier molecular flexibility index (Phi) is 8.44. The van der Waals surface area contributed by atoms with Crippen LogP contribution in [0.1, 0.15) is 32.3 Å². The van der Waals surface area contributed by atoms with Gasteiger partial charge >= 0.3 is 0 Å². The van der Waals surface area contributed by atoms with Gasteiger partial charge in [0, 0.05) is 18.7 Å². The second-order valence-electron chi connectivity index (χ2n) is 6.76. The Labute approximate surface area is 181 Å². The van der Waals surface area contributed by atoms with E-state index in [-0.39, 0.29) is 5.91 Å². The molecule has 0 aliphatic carbocycles. The Balaban J connectivity index is 1.36. The summed E-state index contributed by atoms with van der Waals surface area (Å²) in [6.45, 7) is 5.70. The number of carbonyl (C=O) groups is 1. The number of hydrogen-bond acceptors (Lipinski definition) is 5. The zero-order valence-corrected chi connectivity index (χ0v) is 18.4. The van der Waals surface area contributed by atoms with E-state index in [1.807, 2.05) is 56.3 Å². The number of carbonyl (C=O) groups excluding carboxylic acids is 1. The van der Waals surface area contributed by atoms with Crippen LogP contribution < -0.4 is 14.8 Å². The lowest BCUT2D eigenvalue weighted by atomic mass is 10.1. The van der Waals surface area contributed by atoms with Crippen molar-refractivity contribution in [3.8, 4) is 11.5 Å². The zero-order chi connectivity index (χ0) is 21.2. The maximum absolute atomic E-state index is 12.1. The molecule has 0 spiro atoms. The van der Waals surface area contributed by atoms with E-state index in [0.29, 0.717) is 26.2 Å². The number of para-hydroxylation sites is 2. The summed E-state index contributed by atoms with van der Waals surface area (Å²) < 4.78 is 11.2. The number of aromatic nitrogens is 2. The largest absolute Gasteiger partial charge is 0.490 e. The minimum atomic E-state index is 0.0798. The molecule has 0 aliphatic rings. The molecule has 1 aromatic heterocycles. The predicted molar refractivity (Wildman–Crippen MR) is 122 cm³/mol. The highest BCUT2D eigenvalue weighted by molar-refractivity contribution is 7.99. The average molecular weight is 428 g/mol. The van der Waals surface area contributed by atoms with E-state index in [9.17, 15) is 4.79 Å². The molecule has 6 nitrogen and oxygen atoms in total. The molecule has 2 N–H and O–H groups in total. The fraction of sp³-hybridized carbons (Fsp3) is 0.391. The van der Waals surface area contributed by atoms with Gasteiger partial charge < -0.3 is 19.8 Å². The van der Waals surface area contributed by atoms with Crippen molar-refractivity contribution in [2.75, 3.05) is 25.5 Å². The molecule has 0 fully saturated rings. The number of amides is 1. The average Bonchev–Trinajstić information content (AvgIpc) is 3.16. The van der Waals surface area contributed by atoms with Gasteiger partial charge in [-0.05, 0) is 56.5 Å². The first-order chi connectivity index (χ1) is 14.7. The number of thioether (sulfide) groups is 1. The molecule has 1 heterocycles. The maximum atomic E-state index is 12.1. The van der Waals surface area contributed by atoms with Crippen LogP contribution in [-0.2, 0) is 11.2 Å². The lowest BCUT2D eigenvalue weighted by molar-refractivity contribution is -0.121. The van der Waals surface area contributed by atoms with Gasteiger partial charge in [0.2, 0.25) is 5.91 Å². The number of fused-ring (bicyclic) bond motifs is 1. The van der Waals surface area contributed by atoms with Crippen LogP contribution in [0.4, 0.5) is 0 Å². The van der Waals surface area contributed by atoms with Crippen LogP contribution in [0.3, 0.4) is 0 Å². The summed E-state index contributed by atoms with van der Waals surface area (Å²) in [7, 11) is 0. The Morgan fingerprint density at radius 2 is 1.90 bits per heavy atom. The molecule has 3 rings (SSSR count). The van der Waals surface area contributed by atoms with Crippen LogP contribution in [0.15, 0.2) is 47.6 Å². The normalized spacial score (nSPS) is 10.9. The fourth-order valence-corrected chi connectivity index (χ4v) is 3.91. The van der Waals surface area contributed by atoms with Gasteiger partial charge in [-0.25, -0.2) is 4.98 Å². The van der Waals surface area contributed by atoms with Crippen molar-refractivity contribution in [3.05, 3.63) is 48.0 Å². The van der Waals surface area contributed by atoms with Crippen molar-refractivity contribution >= 4 is 28.7 Å². The third-order valence-corrected chi connectivity index (χ3v) is 5.46. The van der Waals surface area contributed by atoms with Crippen molar-refractivity contribution in [1.29, 1.82) is 0 Å². The van der Waals surface area contributed by atoms with Crippen molar-refractivity contribution in [2.45, 2.75) is 38.3 Å². The molecule has 1 amide bonds. The first kappa shape index (κ1) is 22.0. The van der Waals surface area contributed by atoms with Gasteiger partial charge in [0.1, 0.15) is 0 Å². The molecule has 160 valence electrons. The number of ether oxygens (including phenoxy) is 2. The van der Waals surface area contributed by atoms with E-state index in [2.05, 4.69) is 15.3 Å². The van der Waals surface area contributed by atoms with Crippen LogP contribution in [0.25, 0.3) is 11.0 Å². The summed E-state index contributed by atoms with van der Waals surface area (Å²) in [6.07, 6.45) is 2.08. The Morgan fingerprint density at radius 1 is 1.10 bits per heavy atom. The number of H-pyrrole nitrogens is 1. The van der Waals surface area contributed by atoms with Crippen molar-refractivity contribution in [3.63, 3.8) is 0 Å². The second kappa shape index (κ2) is 11.5. The van der Waals surface area contributed by atoms with E-state index in [4.69, 9.17) is 9.47 Å². The van der Waals surface area contributed by atoms with Gasteiger partial charge in [-0.1, -0.05) is 30.0 Å². The van der Waals surface area contributed by atoms with Crippen LogP contribution in [0.2, 0.25) is 0 Å². The number of imidazole rings is 1. The number of nitrogens with one attached hydrogen (secondary N) is 2. The summed E-state index contributed by atoms with van der Waals surface area (Å²) in [5.74, 6) is 2.44. The van der Waals surface area contributed by atoms with Crippen LogP contribution in [0, 0.1) is 0 Å². The van der Waals surface area contributed by atoms with Gasteiger partial charge in [0.05, 0.1) is 24.2 Å². The fourth-order valence-electron chi connectivity index (χ4n) is 3.08. The molecule has 0 bridgehead atoms.